The van der Waals surface area contributed by atoms with Crippen molar-refractivity contribution in [2.75, 3.05) is 18.4 Å². The van der Waals surface area contributed by atoms with Gasteiger partial charge in [0.25, 0.3) is 0 Å². The van der Waals surface area contributed by atoms with Crippen molar-refractivity contribution in [3.05, 3.63) is 72.6 Å². The van der Waals surface area contributed by atoms with E-state index in [0.717, 1.165) is 16.6 Å². The largest absolute Gasteiger partial charge is 0.444 e. The fraction of sp³-hybridized carbons (Fsp3) is 0.379. The summed E-state index contributed by atoms with van der Waals surface area (Å²) in [6.45, 7) is 8.81. The molecule has 1 aromatic carbocycles. The van der Waals surface area contributed by atoms with Crippen LogP contribution in [0.15, 0.2) is 61.1 Å². The molecule has 2 aliphatic heterocycles. The number of ether oxygens (including phenoxy) is 2. The topological polar surface area (TPSA) is 97.7 Å². The molecule has 1 N–H and O–H groups in total. The fourth-order valence-electron chi connectivity index (χ4n) is 5.26. The van der Waals surface area contributed by atoms with Gasteiger partial charge in [-0.15, -0.1) is 0 Å². The van der Waals surface area contributed by atoms with Crippen LogP contribution in [0.4, 0.5) is 20.7 Å². The summed E-state index contributed by atoms with van der Waals surface area (Å²) in [5, 5.41) is 8.07. The molecular weight excluding hydrogens is 499 g/mol. The first-order valence-electron chi connectivity index (χ1n) is 13.1. The molecule has 0 aliphatic carbocycles. The predicted octanol–water partition coefficient (Wildman–Crippen LogP) is 5.71. The molecule has 2 aliphatic rings. The van der Waals surface area contributed by atoms with E-state index in [2.05, 4.69) is 22.3 Å². The van der Waals surface area contributed by atoms with Gasteiger partial charge < -0.3 is 19.7 Å². The van der Waals surface area contributed by atoms with E-state index < -0.39 is 17.0 Å². The fourth-order valence-corrected chi connectivity index (χ4v) is 5.26. The van der Waals surface area contributed by atoms with Crippen LogP contribution in [0, 0.1) is 5.82 Å². The van der Waals surface area contributed by atoms with Gasteiger partial charge in [0.05, 0.1) is 22.6 Å². The van der Waals surface area contributed by atoms with E-state index >= 15 is 0 Å². The second-order valence-corrected chi connectivity index (χ2v) is 11.3. The molecule has 5 heterocycles. The number of nitrogens with zero attached hydrogens (tertiary/aromatic N) is 5. The van der Waals surface area contributed by atoms with Crippen LogP contribution in [0.2, 0.25) is 0 Å². The quantitative estimate of drug-likeness (QED) is 0.337. The molecule has 39 heavy (non-hydrogen) atoms. The first-order valence-corrected chi connectivity index (χ1v) is 13.1. The Labute approximate surface area is 226 Å². The second kappa shape index (κ2) is 9.01. The van der Waals surface area contributed by atoms with Crippen molar-refractivity contribution in [3.8, 4) is 5.69 Å². The Bertz CT molecular complexity index is 1540. The van der Waals surface area contributed by atoms with Crippen molar-refractivity contribution in [1.82, 2.24) is 24.6 Å². The van der Waals surface area contributed by atoms with Gasteiger partial charge in [-0.25, -0.2) is 23.8 Å². The molecule has 0 radical (unpaired) electrons. The third-order valence-corrected chi connectivity index (χ3v) is 7.50. The number of carbonyl (C=O) groups excluding carboxylic acids is 1. The molecule has 1 atom stereocenters. The molecule has 10 heteroatoms. The highest BCUT2D eigenvalue weighted by Crippen LogP contribution is 2.60. The Morgan fingerprint density at radius 3 is 2.64 bits per heavy atom. The van der Waals surface area contributed by atoms with Gasteiger partial charge in [-0.2, -0.15) is 5.10 Å². The minimum Gasteiger partial charge on any atom is -0.444 e. The van der Waals surface area contributed by atoms with Crippen LogP contribution in [-0.2, 0) is 15.1 Å². The minimum absolute atomic E-state index is 0.288. The Kier molecular flexibility index (Phi) is 5.83. The van der Waals surface area contributed by atoms with E-state index in [1.165, 1.54) is 6.07 Å². The highest BCUT2D eigenvalue weighted by Gasteiger charge is 2.69. The number of halogens is 1. The number of fused-ring (bicyclic) bond motifs is 1. The van der Waals surface area contributed by atoms with Crippen LogP contribution >= 0.6 is 0 Å². The van der Waals surface area contributed by atoms with E-state index in [1.54, 1.807) is 46.4 Å². The van der Waals surface area contributed by atoms with Crippen molar-refractivity contribution < 1.29 is 18.7 Å². The van der Waals surface area contributed by atoms with Gasteiger partial charge in [0, 0.05) is 49.2 Å². The third-order valence-electron chi connectivity index (χ3n) is 7.50. The molecule has 6 rings (SSSR count). The maximum absolute atomic E-state index is 14.8. The van der Waals surface area contributed by atoms with Crippen LogP contribution < -0.4 is 5.32 Å². The van der Waals surface area contributed by atoms with E-state index in [0.29, 0.717) is 43.1 Å². The van der Waals surface area contributed by atoms with Crippen LogP contribution in [0.1, 0.15) is 46.2 Å². The number of anilines is 2. The third kappa shape index (κ3) is 4.69. The number of epoxide rings is 1. The zero-order chi connectivity index (χ0) is 27.4. The summed E-state index contributed by atoms with van der Waals surface area (Å²) in [6.07, 6.45) is 6.25. The number of hydrogen-bond acceptors (Lipinski definition) is 7. The molecule has 1 spiro atoms. The van der Waals surface area contributed by atoms with Crippen molar-refractivity contribution in [2.24, 2.45) is 0 Å². The lowest BCUT2D eigenvalue weighted by molar-refractivity contribution is 0.0165. The molecule has 9 nitrogen and oxygen atoms in total. The monoisotopic (exact) mass is 530 g/mol. The number of nitrogens with one attached hydrogen (secondary N) is 1. The summed E-state index contributed by atoms with van der Waals surface area (Å²) in [6, 6.07) is 12.4. The van der Waals surface area contributed by atoms with E-state index in [9.17, 15) is 9.18 Å². The van der Waals surface area contributed by atoms with Gasteiger partial charge in [-0.1, -0.05) is 0 Å². The summed E-state index contributed by atoms with van der Waals surface area (Å²) in [5.74, 6) is 0.0744. The zero-order valence-corrected chi connectivity index (χ0v) is 22.4. The highest BCUT2D eigenvalue weighted by molar-refractivity contribution is 5.81. The molecule has 1 amide bonds. The highest BCUT2D eigenvalue weighted by atomic mass is 19.1. The van der Waals surface area contributed by atoms with Crippen molar-refractivity contribution >= 4 is 28.5 Å². The lowest BCUT2D eigenvalue weighted by Gasteiger charge is -2.33. The number of hydrogen-bond donors (Lipinski definition) is 1. The number of pyridine rings is 2. The van der Waals surface area contributed by atoms with Crippen LogP contribution in [0.5, 0.6) is 0 Å². The van der Waals surface area contributed by atoms with Crippen LogP contribution in [0.25, 0.3) is 16.6 Å². The molecule has 2 fully saturated rings. The van der Waals surface area contributed by atoms with Crippen molar-refractivity contribution in [3.63, 3.8) is 0 Å². The average Bonchev–Trinajstić information content (AvgIpc) is 3.22. The van der Waals surface area contributed by atoms with Crippen molar-refractivity contribution in [2.45, 2.75) is 57.3 Å². The lowest BCUT2D eigenvalue weighted by atomic mass is 9.83. The van der Waals surface area contributed by atoms with Gasteiger partial charge >= 0.3 is 6.09 Å². The van der Waals surface area contributed by atoms with Crippen LogP contribution in [-0.4, -0.2) is 55.0 Å². The predicted molar refractivity (Wildman–Crippen MR) is 145 cm³/mol. The summed E-state index contributed by atoms with van der Waals surface area (Å²) < 4.78 is 28.3. The summed E-state index contributed by atoms with van der Waals surface area (Å²) >= 11 is 0. The number of likely N-dealkylation sites (tertiary alicyclic amines) is 1. The summed E-state index contributed by atoms with van der Waals surface area (Å²) in [4.78, 5) is 23.6. The van der Waals surface area contributed by atoms with Gasteiger partial charge in [0.1, 0.15) is 28.4 Å². The lowest BCUT2D eigenvalue weighted by Crippen LogP contribution is -2.45. The second-order valence-electron chi connectivity index (χ2n) is 11.3. The average molecular weight is 531 g/mol. The minimum atomic E-state index is -0.549. The number of amides is 1. The molecule has 2 saturated heterocycles. The van der Waals surface area contributed by atoms with Gasteiger partial charge in [-0.05, 0) is 70.9 Å². The smallest absolute Gasteiger partial charge is 0.410 e. The normalized spacial score (nSPS) is 20.3. The maximum Gasteiger partial charge on any atom is 0.410 e. The molecule has 3 aromatic heterocycles. The van der Waals surface area contributed by atoms with E-state index in [-0.39, 0.29) is 11.7 Å². The molecule has 0 saturated carbocycles. The summed E-state index contributed by atoms with van der Waals surface area (Å²) in [5.41, 5.74) is 1.06. The van der Waals surface area contributed by atoms with Gasteiger partial charge in [0.2, 0.25) is 0 Å². The number of aromatic nitrogens is 4. The molecule has 0 bridgehead atoms. The summed E-state index contributed by atoms with van der Waals surface area (Å²) in [7, 11) is 0. The van der Waals surface area contributed by atoms with Crippen LogP contribution in [0.3, 0.4) is 0 Å². The Hall–Kier alpha value is -4.05. The number of carbonyl (C=O) groups is 1. The van der Waals surface area contributed by atoms with Crippen molar-refractivity contribution in [1.29, 1.82) is 0 Å². The van der Waals surface area contributed by atoms with Gasteiger partial charge in [0.15, 0.2) is 0 Å². The zero-order valence-electron chi connectivity index (χ0n) is 22.4. The Balaban J connectivity index is 1.18. The standard InChI is InChI=1S/C29H31FN6O3/c1-27(2,3)38-26(37)35-14-10-29(11-15-35)28(4,39-29)24-9-6-19-18-31-25(17-23(19)33-24)34-22-8-7-20(16-21(22)30)36-13-5-12-32-36/h5-9,12-13,16-18H,10-11,14-15H2,1-4H3,(H,31,34). The SMILES string of the molecule is CC(C)(C)OC(=O)N1CCC2(CC1)OC2(C)c1ccc2cnc(Nc3ccc(-n4cccn4)cc3F)cc2n1. The first-order chi connectivity index (χ1) is 18.6. The Morgan fingerprint density at radius 2 is 1.95 bits per heavy atom. The number of rotatable bonds is 4. The Morgan fingerprint density at radius 1 is 1.15 bits per heavy atom. The molecule has 4 aromatic rings. The van der Waals surface area contributed by atoms with E-state index in [4.69, 9.17) is 14.5 Å². The first kappa shape index (κ1) is 25.2. The molecule has 1 unspecified atom stereocenters. The molecule has 202 valence electrons. The molecular formula is C29H31FN6O3. The van der Waals surface area contributed by atoms with E-state index in [1.807, 2.05) is 39.0 Å². The number of benzene rings is 1. The van der Waals surface area contributed by atoms with Gasteiger partial charge in [-0.3, -0.25) is 0 Å². The maximum atomic E-state index is 14.8. The number of piperidine rings is 1.